The second-order valence-corrected chi connectivity index (χ2v) is 11.0. The van der Waals surface area contributed by atoms with Crippen molar-refractivity contribution in [3.05, 3.63) is 124 Å². The molecule has 0 fully saturated rings. The van der Waals surface area contributed by atoms with E-state index in [1.54, 1.807) is 60.7 Å². The molecule has 1 aliphatic carbocycles. The van der Waals surface area contributed by atoms with Gasteiger partial charge in [-0.1, -0.05) is 73.1 Å². The van der Waals surface area contributed by atoms with Crippen molar-refractivity contribution >= 4 is 58.1 Å². The van der Waals surface area contributed by atoms with Crippen LogP contribution < -0.4 is 10.6 Å². The molecule has 0 heterocycles. The Balaban J connectivity index is 1.28. The van der Waals surface area contributed by atoms with Gasteiger partial charge in [0, 0.05) is 32.3 Å². The second kappa shape index (κ2) is 11.9. The Morgan fingerprint density at radius 3 is 2.20 bits per heavy atom. The summed E-state index contributed by atoms with van der Waals surface area (Å²) in [6.07, 6.45) is 0.732. The van der Waals surface area contributed by atoms with Crippen LogP contribution in [0.4, 0.5) is 11.4 Å². The normalized spacial score (nSPS) is 12.8. The number of fused-ring (bicyclic) bond motifs is 2. The summed E-state index contributed by atoms with van der Waals surface area (Å²) in [7, 11) is 0. The predicted octanol–water partition coefficient (Wildman–Crippen LogP) is 6.81. The van der Waals surface area contributed by atoms with E-state index in [1.807, 2.05) is 37.3 Å². The first-order chi connectivity index (χ1) is 19.3. The molecule has 200 valence electrons. The number of ketones is 2. The van der Waals surface area contributed by atoms with Crippen LogP contribution in [0.25, 0.3) is 0 Å². The fraction of sp³-hybridized carbons (Fsp3) is 0.125. The first-order valence-corrected chi connectivity index (χ1v) is 14.0. The van der Waals surface area contributed by atoms with Gasteiger partial charge in [0.05, 0.1) is 22.9 Å². The Labute approximate surface area is 241 Å². The summed E-state index contributed by atoms with van der Waals surface area (Å²) < 4.78 is 0. The summed E-state index contributed by atoms with van der Waals surface area (Å²) in [6.45, 7) is 1.90. The molecule has 6 nitrogen and oxygen atoms in total. The Hall–Kier alpha value is -4.20. The van der Waals surface area contributed by atoms with Crippen LogP contribution in [0, 0.1) is 0 Å². The third kappa shape index (κ3) is 5.86. The van der Waals surface area contributed by atoms with E-state index in [2.05, 4.69) is 10.6 Å². The third-order valence-corrected chi connectivity index (χ3v) is 8.16. The molecule has 8 heteroatoms. The van der Waals surface area contributed by atoms with Gasteiger partial charge < -0.3 is 10.6 Å². The lowest BCUT2D eigenvalue weighted by Gasteiger charge is -2.21. The highest BCUT2D eigenvalue weighted by molar-refractivity contribution is 8.00. The smallest absolute Gasteiger partial charge is 0.237 e. The van der Waals surface area contributed by atoms with Crippen LogP contribution in [0.3, 0.4) is 0 Å². The lowest BCUT2D eigenvalue weighted by atomic mass is 9.83. The Kier molecular flexibility index (Phi) is 8.14. The van der Waals surface area contributed by atoms with E-state index in [9.17, 15) is 19.2 Å². The molecule has 1 unspecified atom stereocenters. The number of thioether (sulfide) groups is 1. The first-order valence-electron chi connectivity index (χ1n) is 12.8. The van der Waals surface area contributed by atoms with Crippen LogP contribution in [0.15, 0.2) is 95.9 Å². The molecular formula is C32H25ClN2O4S. The molecule has 0 aromatic heterocycles. The summed E-state index contributed by atoms with van der Waals surface area (Å²) in [5.41, 5.74) is 2.98. The largest absolute Gasteiger partial charge is 0.326 e. The monoisotopic (exact) mass is 568 g/mol. The number of anilines is 2. The fourth-order valence-corrected chi connectivity index (χ4v) is 5.73. The van der Waals surface area contributed by atoms with E-state index in [-0.39, 0.29) is 40.9 Å². The molecule has 5 rings (SSSR count). The highest BCUT2D eigenvalue weighted by Crippen LogP contribution is 2.33. The van der Waals surface area contributed by atoms with Gasteiger partial charge in [-0.15, -0.1) is 11.8 Å². The number of carbonyl (C=O) groups excluding carboxylic acids is 4. The number of hydrogen-bond donors (Lipinski definition) is 2. The van der Waals surface area contributed by atoms with Gasteiger partial charge in [-0.25, -0.2) is 0 Å². The molecule has 0 saturated heterocycles. The van der Waals surface area contributed by atoms with Crippen LogP contribution in [-0.2, 0) is 16.0 Å². The van der Waals surface area contributed by atoms with Crippen molar-refractivity contribution in [3.8, 4) is 0 Å². The van der Waals surface area contributed by atoms with Gasteiger partial charge in [-0.3, -0.25) is 19.2 Å². The average Bonchev–Trinajstić information content (AvgIpc) is 2.96. The minimum atomic E-state index is -0.474. The maximum atomic E-state index is 13.4. The number of nitrogens with one attached hydrogen (secondary N) is 2. The number of amides is 2. The molecule has 0 aliphatic heterocycles. The summed E-state index contributed by atoms with van der Waals surface area (Å²) in [5.74, 6) is -0.970. The first kappa shape index (κ1) is 27.4. The molecule has 2 amide bonds. The molecular weight excluding hydrogens is 544 g/mol. The zero-order valence-electron chi connectivity index (χ0n) is 21.6. The summed E-state index contributed by atoms with van der Waals surface area (Å²) in [6, 6.07) is 26.1. The zero-order chi connectivity index (χ0) is 28.2. The van der Waals surface area contributed by atoms with Crippen molar-refractivity contribution in [2.45, 2.75) is 29.9 Å². The molecule has 0 spiro atoms. The van der Waals surface area contributed by atoms with Gasteiger partial charge in [0.15, 0.2) is 11.6 Å². The number of hydrogen-bond acceptors (Lipinski definition) is 5. The van der Waals surface area contributed by atoms with Crippen molar-refractivity contribution < 1.29 is 19.2 Å². The number of carbonyl (C=O) groups is 4. The molecule has 4 aromatic rings. The van der Waals surface area contributed by atoms with E-state index < -0.39 is 5.25 Å². The van der Waals surface area contributed by atoms with Crippen molar-refractivity contribution in [3.63, 3.8) is 0 Å². The van der Waals surface area contributed by atoms with Crippen molar-refractivity contribution in [2.75, 3.05) is 10.6 Å². The lowest BCUT2D eigenvalue weighted by molar-refractivity contribution is -0.116. The Bertz CT molecular complexity index is 1630. The molecule has 1 atom stereocenters. The zero-order valence-corrected chi connectivity index (χ0v) is 23.1. The van der Waals surface area contributed by atoms with Crippen LogP contribution in [0.5, 0.6) is 0 Å². The Morgan fingerprint density at radius 2 is 1.48 bits per heavy atom. The minimum absolute atomic E-state index is 0.163. The van der Waals surface area contributed by atoms with Crippen molar-refractivity contribution in [2.24, 2.45) is 0 Å². The van der Waals surface area contributed by atoms with E-state index >= 15 is 0 Å². The molecule has 0 radical (unpaired) electrons. The Morgan fingerprint density at radius 1 is 0.800 bits per heavy atom. The predicted molar refractivity (Wildman–Crippen MR) is 159 cm³/mol. The molecule has 40 heavy (non-hydrogen) atoms. The molecule has 0 saturated carbocycles. The van der Waals surface area contributed by atoms with Gasteiger partial charge in [0.1, 0.15) is 0 Å². The summed E-state index contributed by atoms with van der Waals surface area (Å²) in [5, 5.41) is 5.93. The highest BCUT2D eigenvalue weighted by Gasteiger charge is 2.32. The molecule has 1 aliphatic rings. The van der Waals surface area contributed by atoms with E-state index in [1.165, 1.54) is 11.8 Å². The SMILES string of the molecule is CCC(Sc1cccc(NC(=O)Cc2ccc(Cl)cc2)c1)C(=O)Nc1cccc2c1C(=O)c1ccccc1C2=O. The maximum absolute atomic E-state index is 13.4. The maximum Gasteiger partial charge on any atom is 0.237 e. The summed E-state index contributed by atoms with van der Waals surface area (Å²) in [4.78, 5) is 53.0. The van der Waals surface area contributed by atoms with Gasteiger partial charge in [0.2, 0.25) is 11.8 Å². The van der Waals surface area contributed by atoms with Crippen LogP contribution in [0.1, 0.15) is 50.8 Å². The van der Waals surface area contributed by atoms with E-state index in [0.717, 1.165) is 10.5 Å². The number of rotatable bonds is 8. The van der Waals surface area contributed by atoms with Crippen molar-refractivity contribution in [1.82, 2.24) is 0 Å². The molecule has 4 aromatic carbocycles. The lowest BCUT2D eigenvalue weighted by Crippen LogP contribution is -2.28. The van der Waals surface area contributed by atoms with Gasteiger partial charge in [-0.2, -0.15) is 0 Å². The fourth-order valence-electron chi connectivity index (χ4n) is 4.59. The third-order valence-electron chi connectivity index (χ3n) is 6.55. The van der Waals surface area contributed by atoms with E-state index in [0.29, 0.717) is 33.9 Å². The van der Waals surface area contributed by atoms with Gasteiger partial charge in [-0.05, 0) is 48.4 Å². The van der Waals surface area contributed by atoms with Crippen LogP contribution >= 0.6 is 23.4 Å². The summed E-state index contributed by atoms with van der Waals surface area (Å²) >= 11 is 7.28. The average molecular weight is 569 g/mol. The minimum Gasteiger partial charge on any atom is -0.326 e. The topological polar surface area (TPSA) is 92.3 Å². The number of halogens is 1. The van der Waals surface area contributed by atoms with Crippen LogP contribution in [0.2, 0.25) is 5.02 Å². The van der Waals surface area contributed by atoms with Gasteiger partial charge in [0.25, 0.3) is 0 Å². The second-order valence-electron chi connectivity index (χ2n) is 9.32. The molecule has 0 bridgehead atoms. The van der Waals surface area contributed by atoms with E-state index in [4.69, 9.17) is 11.6 Å². The standard InChI is InChI=1S/C32H25ClN2O4S/c1-2-27(40-22-8-5-7-21(18-22)34-28(36)17-19-13-15-20(33)16-14-19)32(39)35-26-12-6-11-25-29(26)31(38)24-10-4-3-9-23(24)30(25)37/h3-16,18,27H,2,17H2,1H3,(H,34,36)(H,35,39). The quantitative estimate of drug-likeness (QED) is 0.201. The van der Waals surface area contributed by atoms with Crippen LogP contribution in [-0.4, -0.2) is 28.6 Å². The molecule has 2 N–H and O–H groups in total. The van der Waals surface area contributed by atoms with Crippen molar-refractivity contribution in [1.29, 1.82) is 0 Å². The van der Waals surface area contributed by atoms with Gasteiger partial charge >= 0.3 is 0 Å². The highest BCUT2D eigenvalue weighted by atomic mass is 35.5. The number of benzene rings is 4.